The van der Waals surface area contributed by atoms with Gasteiger partial charge >= 0.3 is 5.97 Å². The molecule has 0 saturated carbocycles. The molecule has 0 radical (unpaired) electrons. The summed E-state index contributed by atoms with van der Waals surface area (Å²) >= 11 is 0. The van der Waals surface area contributed by atoms with Gasteiger partial charge < -0.3 is 15.0 Å². The number of carbonyl (C=O) groups is 3. The molecule has 0 rings (SSSR count). The van der Waals surface area contributed by atoms with Crippen molar-refractivity contribution in [1.82, 2.24) is 15.1 Å². The molecule has 0 bridgehead atoms. The third kappa shape index (κ3) is 7.33. The Hall–Kier alpha value is -1.89. The van der Waals surface area contributed by atoms with Gasteiger partial charge in [-0.25, -0.2) is 4.79 Å². The molecule has 1 N–H and O–H groups in total. The maximum atomic E-state index is 13.0. The number of carbonyl (C=O) groups excluding carboxylic acids is 3. The summed E-state index contributed by atoms with van der Waals surface area (Å²) in [6.45, 7) is 13.3. The van der Waals surface area contributed by atoms with Gasteiger partial charge in [-0.15, -0.1) is 0 Å². The van der Waals surface area contributed by atoms with Gasteiger partial charge in [0, 0.05) is 19.2 Å². The molecule has 7 nitrogen and oxygen atoms in total. The van der Waals surface area contributed by atoms with E-state index in [1.807, 2.05) is 53.6 Å². The molecular formula is C20H37N3O4. The van der Waals surface area contributed by atoms with Crippen LogP contribution in [0.25, 0.3) is 0 Å². The Labute approximate surface area is 164 Å². The standard InChI is InChI=1S/C20H37N3O4/c1-11-27-17(25)14(2)12-13-23(10)16(24)15(19(3,4)5)21-18(26)20(6,7)22(8)9/h12,15H,11,13H2,1-10H3,(H,21,26)/b14-12+. The van der Waals surface area contributed by atoms with Gasteiger partial charge in [-0.05, 0) is 47.2 Å². The Morgan fingerprint density at radius 1 is 1.07 bits per heavy atom. The van der Waals surface area contributed by atoms with Crippen LogP contribution in [0, 0.1) is 5.41 Å². The van der Waals surface area contributed by atoms with Crippen LogP contribution < -0.4 is 5.32 Å². The molecule has 0 aliphatic rings. The highest BCUT2D eigenvalue weighted by Gasteiger charge is 2.39. The Morgan fingerprint density at radius 2 is 1.59 bits per heavy atom. The van der Waals surface area contributed by atoms with E-state index in [2.05, 4.69) is 5.32 Å². The van der Waals surface area contributed by atoms with E-state index in [0.717, 1.165) is 0 Å². The third-order valence-corrected chi connectivity index (χ3v) is 4.71. The van der Waals surface area contributed by atoms with Crippen LogP contribution in [0.2, 0.25) is 0 Å². The first kappa shape index (κ1) is 25.1. The summed E-state index contributed by atoms with van der Waals surface area (Å²) < 4.78 is 4.94. The molecular weight excluding hydrogens is 346 g/mol. The van der Waals surface area contributed by atoms with Crippen molar-refractivity contribution >= 4 is 17.8 Å². The Bertz CT molecular complexity index is 574. The Morgan fingerprint density at radius 3 is 2.00 bits per heavy atom. The number of hydrogen-bond acceptors (Lipinski definition) is 5. The van der Waals surface area contributed by atoms with Gasteiger partial charge in [0.1, 0.15) is 6.04 Å². The molecule has 1 unspecified atom stereocenters. The van der Waals surface area contributed by atoms with E-state index >= 15 is 0 Å². The zero-order valence-electron chi connectivity index (χ0n) is 18.6. The van der Waals surface area contributed by atoms with E-state index in [9.17, 15) is 14.4 Å². The number of amides is 2. The molecule has 0 spiro atoms. The van der Waals surface area contributed by atoms with Gasteiger partial charge in [0.25, 0.3) is 0 Å². The number of nitrogens with one attached hydrogen (secondary N) is 1. The molecule has 7 heteroatoms. The first-order chi connectivity index (χ1) is 12.2. The zero-order chi connectivity index (χ0) is 21.6. The van der Waals surface area contributed by atoms with Gasteiger partial charge in [0.15, 0.2) is 0 Å². The van der Waals surface area contributed by atoms with E-state index in [-0.39, 0.29) is 18.4 Å². The third-order valence-electron chi connectivity index (χ3n) is 4.71. The molecule has 0 aliphatic heterocycles. The number of ether oxygens (including phenoxy) is 1. The molecule has 0 aromatic heterocycles. The van der Waals surface area contributed by atoms with Crippen molar-refractivity contribution in [2.45, 2.75) is 60.0 Å². The van der Waals surface area contributed by atoms with Crippen molar-refractivity contribution in [3.63, 3.8) is 0 Å². The van der Waals surface area contributed by atoms with Gasteiger partial charge in [-0.3, -0.25) is 14.5 Å². The fourth-order valence-corrected chi connectivity index (χ4v) is 2.07. The lowest BCUT2D eigenvalue weighted by molar-refractivity contribution is -0.141. The highest BCUT2D eigenvalue weighted by Crippen LogP contribution is 2.22. The summed E-state index contributed by atoms with van der Waals surface area (Å²) in [4.78, 5) is 40.7. The van der Waals surface area contributed by atoms with Crippen LogP contribution in [0.5, 0.6) is 0 Å². The number of likely N-dealkylation sites (N-methyl/N-ethyl adjacent to an activating group) is 2. The summed E-state index contributed by atoms with van der Waals surface area (Å²) in [6, 6.07) is -0.689. The van der Waals surface area contributed by atoms with Crippen LogP contribution in [0.4, 0.5) is 0 Å². The molecule has 27 heavy (non-hydrogen) atoms. The number of nitrogens with zero attached hydrogens (tertiary/aromatic N) is 2. The quantitative estimate of drug-likeness (QED) is 0.511. The highest BCUT2D eigenvalue weighted by atomic mass is 16.5. The second-order valence-corrected chi connectivity index (χ2v) is 8.55. The molecule has 0 aromatic carbocycles. The number of esters is 1. The Balaban J connectivity index is 5.32. The van der Waals surface area contributed by atoms with Crippen molar-refractivity contribution in [1.29, 1.82) is 0 Å². The minimum Gasteiger partial charge on any atom is -0.463 e. The molecule has 0 heterocycles. The largest absolute Gasteiger partial charge is 0.463 e. The summed E-state index contributed by atoms with van der Waals surface area (Å²) in [5, 5.41) is 2.91. The summed E-state index contributed by atoms with van der Waals surface area (Å²) in [5.74, 6) is -0.822. The van der Waals surface area contributed by atoms with E-state index < -0.39 is 23.0 Å². The second kappa shape index (κ2) is 9.88. The van der Waals surface area contributed by atoms with Crippen LogP contribution in [-0.4, -0.2) is 73.5 Å². The van der Waals surface area contributed by atoms with Gasteiger partial charge in [0.05, 0.1) is 12.1 Å². The number of hydrogen-bond donors (Lipinski definition) is 1. The molecule has 156 valence electrons. The van der Waals surface area contributed by atoms with Crippen LogP contribution in [0.15, 0.2) is 11.6 Å². The fourth-order valence-electron chi connectivity index (χ4n) is 2.07. The summed E-state index contributed by atoms with van der Waals surface area (Å²) in [7, 11) is 5.30. The van der Waals surface area contributed by atoms with Crippen molar-refractivity contribution in [2.75, 3.05) is 34.3 Å². The Kier molecular flexibility index (Phi) is 9.18. The zero-order valence-corrected chi connectivity index (χ0v) is 18.6. The first-order valence-electron chi connectivity index (χ1n) is 9.23. The van der Waals surface area contributed by atoms with Crippen LogP contribution >= 0.6 is 0 Å². The average Bonchev–Trinajstić information content (AvgIpc) is 2.54. The van der Waals surface area contributed by atoms with Crippen molar-refractivity contribution in [2.24, 2.45) is 5.41 Å². The molecule has 2 amide bonds. The summed E-state index contributed by atoms with van der Waals surface area (Å²) in [6.07, 6.45) is 1.65. The average molecular weight is 384 g/mol. The normalized spacial score (nSPS) is 14.0. The predicted molar refractivity (Wildman–Crippen MR) is 107 cm³/mol. The highest BCUT2D eigenvalue weighted by molar-refractivity contribution is 5.92. The smallest absolute Gasteiger partial charge is 0.333 e. The van der Waals surface area contributed by atoms with Crippen molar-refractivity contribution < 1.29 is 19.1 Å². The van der Waals surface area contributed by atoms with Crippen molar-refractivity contribution in [3.8, 4) is 0 Å². The SMILES string of the molecule is CCOC(=O)/C(C)=C/CN(C)C(=O)C(NC(=O)C(C)(C)N(C)C)C(C)(C)C. The van der Waals surface area contributed by atoms with E-state index in [1.54, 1.807) is 27.0 Å². The predicted octanol–water partition coefficient (Wildman–Crippen LogP) is 1.83. The van der Waals surface area contributed by atoms with E-state index in [4.69, 9.17) is 4.74 Å². The van der Waals surface area contributed by atoms with E-state index in [0.29, 0.717) is 12.2 Å². The monoisotopic (exact) mass is 383 g/mol. The maximum absolute atomic E-state index is 13.0. The molecule has 0 saturated heterocycles. The molecule has 0 aliphatic carbocycles. The molecule has 0 aromatic rings. The fraction of sp³-hybridized carbons (Fsp3) is 0.750. The van der Waals surface area contributed by atoms with Gasteiger partial charge in [-0.2, -0.15) is 0 Å². The maximum Gasteiger partial charge on any atom is 0.333 e. The van der Waals surface area contributed by atoms with Gasteiger partial charge in [-0.1, -0.05) is 26.8 Å². The van der Waals surface area contributed by atoms with Crippen molar-refractivity contribution in [3.05, 3.63) is 11.6 Å². The topological polar surface area (TPSA) is 79.0 Å². The van der Waals surface area contributed by atoms with Crippen LogP contribution in [0.1, 0.15) is 48.5 Å². The minimum atomic E-state index is -0.747. The van der Waals surface area contributed by atoms with Crippen LogP contribution in [0.3, 0.4) is 0 Å². The second-order valence-electron chi connectivity index (χ2n) is 8.55. The van der Waals surface area contributed by atoms with Crippen LogP contribution in [-0.2, 0) is 19.1 Å². The van der Waals surface area contributed by atoms with Gasteiger partial charge in [0.2, 0.25) is 11.8 Å². The lowest BCUT2D eigenvalue weighted by atomic mass is 9.85. The molecule has 1 atom stereocenters. The molecule has 0 fully saturated rings. The summed E-state index contributed by atoms with van der Waals surface area (Å²) in [5.41, 5.74) is -0.770. The number of rotatable bonds is 8. The van der Waals surface area contributed by atoms with E-state index in [1.165, 1.54) is 4.90 Å². The minimum absolute atomic E-state index is 0.210. The first-order valence-corrected chi connectivity index (χ1v) is 9.23. The lowest BCUT2D eigenvalue weighted by Gasteiger charge is -2.37. The lowest BCUT2D eigenvalue weighted by Crippen LogP contribution is -2.60.